The number of carbonyl (C=O) groups excluding carboxylic acids is 1. The number of benzene rings is 2. The minimum atomic E-state index is -3.86. The van der Waals surface area contributed by atoms with Crippen molar-refractivity contribution in [1.82, 2.24) is 5.32 Å². The van der Waals surface area contributed by atoms with E-state index in [0.29, 0.717) is 13.1 Å². The topological polar surface area (TPSA) is 113 Å². The molecule has 0 heterocycles. The molecule has 0 saturated heterocycles. The van der Waals surface area contributed by atoms with Crippen molar-refractivity contribution in [2.75, 3.05) is 35.6 Å². The van der Waals surface area contributed by atoms with Gasteiger partial charge in [0.1, 0.15) is 6.04 Å². The van der Waals surface area contributed by atoms with Gasteiger partial charge in [0.15, 0.2) is 0 Å². The van der Waals surface area contributed by atoms with Crippen LogP contribution in [0.2, 0.25) is 0 Å². The van der Waals surface area contributed by atoms with E-state index in [1.807, 2.05) is 42.3 Å². The van der Waals surface area contributed by atoms with E-state index < -0.39 is 26.9 Å². The summed E-state index contributed by atoms with van der Waals surface area (Å²) in [6.07, 6.45) is 1.18. The minimum absolute atomic E-state index is 0.0788. The number of non-ortho nitro benzene ring substituents is 1. The van der Waals surface area contributed by atoms with E-state index >= 15 is 0 Å². The van der Waals surface area contributed by atoms with E-state index in [-0.39, 0.29) is 17.8 Å². The minimum Gasteiger partial charge on any atom is -0.373 e. The Morgan fingerprint density at radius 1 is 1.13 bits per heavy atom. The van der Waals surface area contributed by atoms with E-state index in [0.717, 1.165) is 22.3 Å². The van der Waals surface area contributed by atoms with Gasteiger partial charge in [-0.15, -0.1) is 0 Å². The summed E-state index contributed by atoms with van der Waals surface area (Å²) in [7, 11) is -1.97. The van der Waals surface area contributed by atoms with Crippen molar-refractivity contribution in [3.8, 4) is 0 Å². The fourth-order valence-electron chi connectivity index (χ4n) is 3.08. The Morgan fingerprint density at radius 3 is 2.33 bits per heavy atom. The van der Waals surface area contributed by atoms with Crippen LogP contribution in [0.4, 0.5) is 17.1 Å². The maximum atomic E-state index is 12.8. The second kappa shape index (κ2) is 10.1. The highest BCUT2D eigenvalue weighted by Gasteiger charge is 2.32. The molecule has 1 amide bonds. The number of anilines is 2. The molecule has 0 spiro atoms. The number of nitrogens with zero attached hydrogens (tertiary/aromatic N) is 3. The molecule has 0 unspecified atom stereocenters. The Hall–Kier alpha value is -3.14. The van der Waals surface area contributed by atoms with Crippen LogP contribution in [-0.2, 0) is 14.8 Å². The fourth-order valence-corrected chi connectivity index (χ4v) is 4.28. The monoisotopic (exact) mass is 434 g/mol. The summed E-state index contributed by atoms with van der Waals surface area (Å²) in [5.74, 6) is -0.462. The zero-order valence-electron chi connectivity index (χ0n) is 17.2. The quantitative estimate of drug-likeness (QED) is 0.454. The largest absolute Gasteiger partial charge is 0.373 e. The standard InChI is InChI=1S/C20H26N4O5S/c1-4-19(20(25)21-13-14-22(2)16-9-6-5-7-10-16)23(30(3,28)29)17-11-8-12-18(15-17)24(26)27/h5-12,15,19H,4,13-14H2,1-3H3,(H,21,25)/t19-/m0/s1. The summed E-state index contributed by atoms with van der Waals surface area (Å²) in [5, 5.41) is 13.8. The number of carbonyl (C=O) groups is 1. The summed E-state index contributed by atoms with van der Waals surface area (Å²) in [6, 6.07) is 13.9. The van der Waals surface area contributed by atoms with Gasteiger partial charge in [-0.05, 0) is 24.6 Å². The number of hydrogen-bond acceptors (Lipinski definition) is 6. The van der Waals surface area contributed by atoms with E-state index in [4.69, 9.17) is 0 Å². The summed E-state index contributed by atoms with van der Waals surface area (Å²) < 4.78 is 25.8. The van der Waals surface area contributed by atoms with Crippen LogP contribution in [0.25, 0.3) is 0 Å². The molecule has 0 bridgehead atoms. The van der Waals surface area contributed by atoms with Crippen LogP contribution >= 0.6 is 0 Å². The van der Waals surface area contributed by atoms with Crippen molar-refractivity contribution < 1.29 is 18.1 Å². The fraction of sp³-hybridized carbons (Fsp3) is 0.350. The first-order valence-corrected chi connectivity index (χ1v) is 11.3. The van der Waals surface area contributed by atoms with Gasteiger partial charge in [-0.25, -0.2) is 8.42 Å². The molecule has 0 fully saturated rings. The van der Waals surface area contributed by atoms with Gasteiger partial charge in [0.05, 0.1) is 16.9 Å². The number of sulfonamides is 1. The molecule has 1 N–H and O–H groups in total. The Kier molecular flexibility index (Phi) is 7.76. The van der Waals surface area contributed by atoms with E-state index in [1.54, 1.807) is 6.92 Å². The predicted octanol–water partition coefficient (Wildman–Crippen LogP) is 2.39. The molecule has 2 aromatic rings. The molecule has 10 heteroatoms. The molecular formula is C20H26N4O5S. The van der Waals surface area contributed by atoms with Gasteiger partial charge in [-0.2, -0.15) is 0 Å². The number of amides is 1. The van der Waals surface area contributed by atoms with Gasteiger partial charge in [0.2, 0.25) is 15.9 Å². The van der Waals surface area contributed by atoms with E-state index in [1.165, 1.54) is 18.2 Å². The zero-order valence-corrected chi connectivity index (χ0v) is 18.0. The number of nitro benzene ring substituents is 1. The molecule has 0 aliphatic rings. The second-order valence-electron chi connectivity index (χ2n) is 6.81. The van der Waals surface area contributed by atoms with Crippen LogP contribution in [0.5, 0.6) is 0 Å². The molecule has 9 nitrogen and oxygen atoms in total. The van der Waals surface area contributed by atoms with Crippen molar-refractivity contribution >= 4 is 33.0 Å². The Labute approximate surface area is 176 Å². The van der Waals surface area contributed by atoms with E-state index in [9.17, 15) is 23.3 Å². The SMILES string of the molecule is CC[C@@H](C(=O)NCCN(C)c1ccccc1)N(c1cccc([N+](=O)[O-])c1)S(C)(=O)=O. The first-order valence-electron chi connectivity index (χ1n) is 9.43. The van der Waals surface area contributed by atoms with Gasteiger partial charge < -0.3 is 10.2 Å². The number of hydrogen-bond donors (Lipinski definition) is 1. The third kappa shape index (κ3) is 5.93. The van der Waals surface area contributed by atoms with Gasteiger partial charge in [0, 0.05) is 38.0 Å². The third-order valence-corrected chi connectivity index (χ3v) is 5.75. The Morgan fingerprint density at radius 2 is 1.77 bits per heavy atom. The summed E-state index contributed by atoms with van der Waals surface area (Å²) in [4.78, 5) is 25.2. The van der Waals surface area contributed by atoms with Crippen LogP contribution in [-0.4, -0.2) is 51.7 Å². The highest BCUT2D eigenvalue weighted by molar-refractivity contribution is 7.92. The lowest BCUT2D eigenvalue weighted by molar-refractivity contribution is -0.384. The summed E-state index contributed by atoms with van der Waals surface area (Å²) in [6.45, 7) is 2.53. The van der Waals surface area contributed by atoms with Crippen molar-refractivity contribution in [3.63, 3.8) is 0 Å². The van der Waals surface area contributed by atoms with Crippen LogP contribution in [0.3, 0.4) is 0 Å². The van der Waals surface area contributed by atoms with Gasteiger partial charge in [-0.1, -0.05) is 31.2 Å². The maximum absolute atomic E-state index is 12.8. The lowest BCUT2D eigenvalue weighted by Crippen LogP contribution is -2.50. The van der Waals surface area contributed by atoms with Crippen molar-refractivity contribution in [2.24, 2.45) is 0 Å². The number of rotatable bonds is 10. The molecular weight excluding hydrogens is 408 g/mol. The molecule has 0 radical (unpaired) electrons. The predicted molar refractivity (Wildman–Crippen MR) is 117 cm³/mol. The van der Waals surface area contributed by atoms with Crippen molar-refractivity contribution in [1.29, 1.82) is 0 Å². The highest BCUT2D eigenvalue weighted by atomic mass is 32.2. The third-order valence-electron chi connectivity index (χ3n) is 4.57. The maximum Gasteiger partial charge on any atom is 0.271 e. The average molecular weight is 435 g/mol. The number of likely N-dealkylation sites (N-methyl/N-ethyl adjacent to an activating group) is 1. The average Bonchev–Trinajstić information content (AvgIpc) is 2.71. The molecule has 0 aromatic heterocycles. The molecule has 30 heavy (non-hydrogen) atoms. The molecule has 2 aromatic carbocycles. The molecule has 0 aliphatic heterocycles. The van der Waals surface area contributed by atoms with Crippen molar-refractivity contribution in [3.05, 3.63) is 64.7 Å². The Balaban J connectivity index is 2.16. The molecule has 0 aliphatic carbocycles. The number of nitrogens with one attached hydrogen (secondary N) is 1. The van der Waals surface area contributed by atoms with Crippen molar-refractivity contribution in [2.45, 2.75) is 19.4 Å². The second-order valence-corrected chi connectivity index (χ2v) is 8.67. The number of nitro groups is 1. The molecule has 1 atom stereocenters. The van der Waals surface area contributed by atoms with Crippen LogP contribution < -0.4 is 14.5 Å². The lowest BCUT2D eigenvalue weighted by Gasteiger charge is -2.30. The van der Waals surface area contributed by atoms with Gasteiger partial charge in [0.25, 0.3) is 5.69 Å². The lowest BCUT2D eigenvalue weighted by atomic mass is 10.2. The smallest absolute Gasteiger partial charge is 0.271 e. The van der Waals surface area contributed by atoms with Crippen LogP contribution in [0, 0.1) is 10.1 Å². The summed E-state index contributed by atoms with van der Waals surface area (Å²) in [5.41, 5.74) is 0.823. The highest BCUT2D eigenvalue weighted by Crippen LogP contribution is 2.26. The Bertz CT molecular complexity index is 982. The van der Waals surface area contributed by atoms with Gasteiger partial charge >= 0.3 is 0 Å². The zero-order chi connectivity index (χ0) is 22.3. The van der Waals surface area contributed by atoms with Crippen LogP contribution in [0.15, 0.2) is 54.6 Å². The first-order chi connectivity index (χ1) is 14.1. The normalized spacial score (nSPS) is 12.1. The molecule has 0 saturated carbocycles. The molecule has 2 rings (SSSR count). The molecule has 162 valence electrons. The van der Waals surface area contributed by atoms with E-state index in [2.05, 4.69) is 5.32 Å². The number of para-hydroxylation sites is 1. The van der Waals surface area contributed by atoms with Gasteiger partial charge in [-0.3, -0.25) is 19.2 Å². The van der Waals surface area contributed by atoms with Crippen LogP contribution in [0.1, 0.15) is 13.3 Å². The first kappa shape index (κ1) is 23.1. The summed E-state index contributed by atoms with van der Waals surface area (Å²) >= 11 is 0.